The molecular weight excluding hydrogens is 306 g/mol. The third-order valence-corrected chi connectivity index (χ3v) is 5.12. The Bertz CT molecular complexity index is 646. The van der Waals surface area contributed by atoms with Gasteiger partial charge in [0.05, 0.1) is 0 Å². The molecule has 128 valence electrons. The number of nitrogens with zero attached hydrogens (tertiary/aromatic N) is 2. The lowest BCUT2D eigenvalue weighted by Crippen LogP contribution is -2.56. The van der Waals surface area contributed by atoms with Crippen molar-refractivity contribution in [3.05, 3.63) is 35.9 Å². The molecule has 0 saturated carbocycles. The van der Waals surface area contributed by atoms with E-state index in [0.717, 1.165) is 24.8 Å². The molecule has 2 heterocycles. The number of carbonyl (C=O) groups is 3. The largest absolute Gasteiger partial charge is 0.361 e. The summed E-state index contributed by atoms with van der Waals surface area (Å²) in [6.45, 7) is 2.29. The fourth-order valence-electron chi connectivity index (χ4n) is 3.92. The molecule has 2 N–H and O–H groups in total. The van der Waals surface area contributed by atoms with E-state index in [9.17, 15) is 14.4 Å². The lowest BCUT2D eigenvalue weighted by Gasteiger charge is -2.48. The molecule has 1 aromatic carbocycles. The average molecular weight is 329 g/mol. The summed E-state index contributed by atoms with van der Waals surface area (Å²) in [6.07, 6.45) is 3.06. The molecule has 6 heteroatoms. The van der Waals surface area contributed by atoms with Crippen molar-refractivity contribution in [1.29, 1.82) is 0 Å². The van der Waals surface area contributed by atoms with Crippen molar-refractivity contribution in [3.8, 4) is 0 Å². The minimum Gasteiger partial charge on any atom is -0.361 e. The van der Waals surface area contributed by atoms with Gasteiger partial charge in [0, 0.05) is 38.0 Å². The maximum Gasteiger partial charge on any atom is 0.311 e. The highest BCUT2D eigenvalue weighted by Gasteiger charge is 2.43. The quantitative estimate of drug-likeness (QED) is 0.818. The van der Waals surface area contributed by atoms with Crippen molar-refractivity contribution in [3.63, 3.8) is 0 Å². The molecule has 2 aliphatic rings. The Hall–Kier alpha value is -2.37. The van der Waals surface area contributed by atoms with Gasteiger partial charge in [0.2, 0.25) is 5.91 Å². The van der Waals surface area contributed by atoms with Crippen molar-refractivity contribution < 1.29 is 14.4 Å². The molecule has 2 saturated heterocycles. The van der Waals surface area contributed by atoms with Gasteiger partial charge in [-0.3, -0.25) is 14.4 Å². The van der Waals surface area contributed by atoms with Crippen molar-refractivity contribution in [2.24, 2.45) is 11.1 Å². The molecule has 2 fully saturated rings. The molecule has 0 bridgehead atoms. The standard InChI is InChI=1S/C18H23N3O3/c19-16(23)17(24)20-10-4-8-18(12-20)9-7-15(22)21(13-18)11-14-5-2-1-3-6-14/h1-3,5-6H,4,7-13H2,(H2,19,23). The number of hydrogen-bond donors (Lipinski definition) is 1. The number of amides is 3. The number of rotatable bonds is 2. The smallest absolute Gasteiger partial charge is 0.311 e. The van der Waals surface area contributed by atoms with E-state index in [0.29, 0.717) is 32.6 Å². The minimum atomic E-state index is -0.903. The third-order valence-electron chi connectivity index (χ3n) is 5.12. The highest BCUT2D eigenvalue weighted by atomic mass is 16.2. The normalized spacial score (nSPS) is 24.2. The summed E-state index contributed by atoms with van der Waals surface area (Å²) in [5.41, 5.74) is 6.12. The van der Waals surface area contributed by atoms with Crippen molar-refractivity contribution in [1.82, 2.24) is 9.80 Å². The Balaban J connectivity index is 1.72. The average Bonchev–Trinajstić information content (AvgIpc) is 2.59. The van der Waals surface area contributed by atoms with Crippen LogP contribution in [0, 0.1) is 5.41 Å². The summed E-state index contributed by atoms with van der Waals surface area (Å²) in [7, 11) is 0. The first-order valence-electron chi connectivity index (χ1n) is 8.40. The Morgan fingerprint density at radius 3 is 2.58 bits per heavy atom. The second-order valence-corrected chi connectivity index (χ2v) is 6.93. The molecule has 1 unspecified atom stereocenters. The van der Waals surface area contributed by atoms with Crippen LogP contribution in [0.5, 0.6) is 0 Å². The van der Waals surface area contributed by atoms with Crippen LogP contribution in [-0.4, -0.2) is 47.2 Å². The number of likely N-dealkylation sites (tertiary alicyclic amines) is 2. The molecule has 3 amide bonds. The minimum absolute atomic E-state index is 0.119. The molecule has 1 aromatic rings. The zero-order valence-corrected chi connectivity index (χ0v) is 13.7. The molecule has 0 radical (unpaired) electrons. The Morgan fingerprint density at radius 1 is 1.12 bits per heavy atom. The fraction of sp³-hybridized carbons (Fsp3) is 0.500. The van der Waals surface area contributed by atoms with Crippen LogP contribution >= 0.6 is 0 Å². The number of piperidine rings is 2. The monoisotopic (exact) mass is 329 g/mol. The summed E-state index contributed by atoms with van der Waals surface area (Å²) >= 11 is 0. The lowest BCUT2D eigenvalue weighted by molar-refractivity contribution is -0.149. The van der Waals surface area contributed by atoms with Gasteiger partial charge in [-0.1, -0.05) is 30.3 Å². The number of hydrogen-bond acceptors (Lipinski definition) is 3. The summed E-state index contributed by atoms with van der Waals surface area (Å²) in [5, 5.41) is 0. The van der Waals surface area contributed by atoms with Crippen molar-refractivity contribution >= 4 is 17.7 Å². The maximum atomic E-state index is 12.3. The molecule has 2 aliphatic heterocycles. The summed E-state index contributed by atoms with van der Waals surface area (Å²) in [6, 6.07) is 9.91. The maximum absolute atomic E-state index is 12.3. The summed E-state index contributed by atoms with van der Waals surface area (Å²) in [5.74, 6) is -1.36. The van der Waals surface area contributed by atoms with Crippen molar-refractivity contribution in [2.75, 3.05) is 19.6 Å². The topological polar surface area (TPSA) is 83.7 Å². The van der Waals surface area contributed by atoms with E-state index >= 15 is 0 Å². The van der Waals surface area contributed by atoms with Gasteiger partial charge < -0.3 is 15.5 Å². The van der Waals surface area contributed by atoms with Crippen LogP contribution in [0.25, 0.3) is 0 Å². The third kappa shape index (κ3) is 3.42. The lowest BCUT2D eigenvalue weighted by atomic mass is 9.73. The van der Waals surface area contributed by atoms with Gasteiger partial charge in [-0.2, -0.15) is 0 Å². The Morgan fingerprint density at radius 2 is 1.88 bits per heavy atom. The van der Waals surface area contributed by atoms with Crippen LogP contribution in [0.15, 0.2) is 30.3 Å². The van der Waals surface area contributed by atoms with Crippen LogP contribution in [0.3, 0.4) is 0 Å². The van der Waals surface area contributed by atoms with E-state index in [1.165, 1.54) is 0 Å². The van der Waals surface area contributed by atoms with Crippen LogP contribution in [-0.2, 0) is 20.9 Å². The highest BCUT2D eigenvalue weighted by molar-refractivity contribution is 6.34. The van der Waals surface area contributed by atoms with Gasteiger partial charge in [0.25, 0.3) is 0 Å². The number of primary amides is 1. The molecule has 24 heavy (non-hydrogen) atoms. The van der Waals surface area contributed by atoms with Gasteiger partial charge >= 0.3 is 11.8 Å². The molecule has 0 aliphatic carbocycles. The first kappa shape index (κ1) is 16.5. The van der Waals surface area contributed by atoms with Crippen LogP contribution in [0.1, 0.15) is 31.2 Å². The number of carbonyl (C=O) groups excluding carboxylic acids is 3. The zero-order chi connectivity index (χ0) is 17.2. The van der Waals surface area contributed by atoms with E-state index < -0.39 is 11.8 Å². The van der Waals surface area contributed by atoms with Crippen LogP contribution < -0.4 is 5.73 Å². The molecule has 1 atom stereocenters. The molecule has 6 nitrogen and oxygen atoms in total. The predicted octanol–water partition coefficient (Wildman–Crippen LogP) is 0.903. The first-order chi connectivity index (χ1) is 11.5. The highest BCUT2D eigenvalue weighted by Crippen LogP contribution is 2.39. The second-order valence-electron chi connectivity index (χ2n) is 6.93. The SMILES string of the molecule is NC(=O)C(=O)N1CCCC2(CCC(=O)N(Cc3ccccc3)C2)C1. The Labute approximate surface area is 141 Å². The van der Waals surface area contributed by atoms with Gasteiger partial charge in [-0.05, 0) is 24.8 Å². The van der Waals surface area contributed by atoms with Gasteiger partial charge in [-0.25, -0.2) is 0 Å². The van der Waals surface area contributed by atoms with Crippen LogP contribution in [0.4, 0.5) is 0 Å². The number of nitrogens with two attached hydrogens (primary N) is 1. The zero-order valence-electron chi connectivity index (χ0n) is 13.7. The van der Waals surface area contributed by atoms with Gasteiger partial charge in [0.15, 0.2) is 0 Å². The summed E-state index contributed by atoms with van der Waals surface area (Å²) in [4.78, 5) is 38.9. The number of benzene rings is 1. The fourth-order valence-corrected chi connectivity index (χ4v) is 3.92. The van der Waals surface area contributed by atoms with Crippen molar-refractivity contribution in [2.45, 2.75) is 32.2 Å². The van der Waals surface area contributed by atoms with E-state index in [1.54, 1.807) is 4.90 Å². The molecule has 0 aromatic heterocycles. The molecule has 3 rings (SSSR count). The first-order valence-corrected chi connectivity index (χ1v) is 8.40. The predicted molar refractivity (Wildman–Crippen MR) is 88.5 cm³/mol. The van der Waals surface area contributed by atoms with E-state index in [2.05, 4.69) is 0 Å². The summed E-state index contributed by atoms with van der Waals surface area (Å²) < 4.78 is 0. The Kier molecular flexibility index (Phi) is 4.55. The molecular formula is C18H23N3O3. The van der Waals surface area contributed by atoms with E-state index in [1.807, 2.05) is 35.2 Å². The van der Waals surface area contributed by atoms with E-state index in [4.69, 9.17) is 5.73 Å². The van der Waals surface area contributed by atoms with Gasteiger partial charge in [0.1, 0.15) is 0 Å². The second kappa shape index (κ2) is 6.63. The van der Waals surface area contributed by atoms with E-state index in [-0.39, 0.29) is 11.3 Å². The molecule has 1 spiro atoms. The van der Waals surface area contributed by atoms with Gasteiger partial charge in [-0.15, -0.1) is 0 Å². The van der Waals surface area contributed by atoms with Crippen LogP contribution in [0.2, 0.25) is 0 Å².